The Hall–Kier alpha value is -0.753. The van der Waals surface area contributed by atoms with Gasteiger partial charge in [-0.05, 0) is 51.8 Å². The lowest BCUT2D eigenvalue weighted by molar-refractivity contribution is -0.368. The second-order valence-corrected chi connectivity index (χ2v) is 5.76. The molecule has 0 heterocycles. The summed E-state index contributed by atoms with van der Waals surface area (Å²) in [4.78, 5) is 0. The molecule has 114 valence electrons. The zero-order chi connectivity index (χ0) is 15.2. The van der Waals surface area contributed by atoms with E-state index in [1.54, 1.807) is 12.1 Å². The van der Waals surface area contributed by atoms with Crippen molar-refractivity contribution in [2.45, 2.75) is 58.7 Å². The van der Waals surface area contributed by atoms with Gasteiger partial charge in [-0.3, -0.25) is 0 Å². The first-order valence-electron chi connectivity index (χ1n) is 7.02. The Kier molecular flexibility index (Phi) is 6.81. The van der Waals surface area contributed by atoms with Crippen LogP contribution in [0.4, 0.5) is 4.39 Å². The minimum absolute atomic E-state index is 0.0101. The largest absolute Gasteiger partial charge is 0.380 e. The minimum atomic E-state index is -0.997. The molecule has 0 aliphatic rings. The first-order valence-corrected chi connectivity index (χ1v) is 7.84. The van der Waals surface area contributed by atoms with Gasteiger partial charge in [-0.1, -0.05) is 12.1 Å². The monoisotopic (exact) mass is 300 g/mol. The maximum Gasteiger partial charge on any atom is 0.273 e. The maximum absolute atomic E-state index is 12.9. The van der Waals surface area contributed by atoms with Crippen LogP contribution < -0.4 is 0 Å². The van der Waals surface area contributed by atoms with Gasteiger partial charge in [0.05, 0.1) is 12.2 Å². The van der Waals surface area contributed by atoms with Gasteiger partial charge < -0.3 is 13.9 Å². The van der Waals surface area contributed by atoms with E-state index in [0.29, 0.717) is 23.3 Å². The number of benzene rings is 1. The Morgan fingerprint density at radius 1 is 1.05 bits per heavy atom. The average molecular weight is 300 g/mol. The number of aryl methyl sites for hydroxylation is 1. The summed E-state index contributed by atoms with van der Waals surface area (Å²) in [6, 6.07) is 6.48. The minimum Gasteiger partial charge on any atom is -0.380 e. The van der Waals surface area contributed by atoms with E-state index >= 15 is 0 Å². The number of hydrogen-bond donors (Lipinski definition) is 0. The summed E-state index contributed by atoms with van der Waals surface area (Å²) in [5.41, 5.74) is 1.04. The molecule has 0 bridgehead atoms. The average Bonchev–Trinajstić information content (AvgIpc) is 2.36. The quantitative estimate of drug-likeness (QED) is 0.545. The van der Waals surface area contributed by atoms with Crippen molar-refractivity contribution >= 4 is 10.5 Å². The van der Waals surface area contributed by atoms with Crippen LogP contribution >= 0.6 is 0 Å². The molecule has 3 nitrogen and oxygen atoms in total. The lowest BCUT2D eigenvalue weighted by atomic mass is 10.1. The molecular weight excluding hydrogens is 275 g/mol. The molecule has 0 atom stereocenters. The third-order valence-corrected chi connectivity index (χ3v) is 3.40. The molecule has 0 spiro atoms. The molecule has 0 radical (unpaired) electrons. The summed E-state index contributed by atoms with van der Waals surface area (Å²) in [5.74, 6) is -1.22. The fraction of sp³-hybridized carbons (Fsp3) is 0.600. The van der Waals surface area contributed by atoms with E-state index in [1.165, 1.54) is 12.1 Å². The predicted molar refractivity (Wildman–Crippen MR) is 80.9 cm³/mol. The third-order valence-electron chi connectivity index (χ3n) is 2.77. The molecular formula is C15H25FO3Si. The summed E-state index contributed by atoms with van der Waals surface area (Å²) in [7, 11) is 0.522. The molecule has 5 heteroatoms. The third kappa shape index (κ3) is 5.71. The fourth-order valence-corrected chi connectivity index (χ4v) is 2.41. The van der Waals surface area contributed by atoms with E-state index in [0.717, 1.165) is 5.56 Å². The van der Waals surface area contributed by atoms with E-state index < -0.39 is 5.97 Å². The van der Waals surface area contributed by atoms with Crippen LogP contribution in [0.2, 0.25) is 0 Å². The Bertz CT molecular complexity index is 383. The zero-order valence-electron chi connectivity index (χ0n) is 13.0. The second-order valence-electron chi connectivity index (χ2n) is 5.35. The zero-order valence-corrected chi connectivity index (χ0v) is 15.0. The van der Waals surface area contributed by atoms with Crippen molar-refractivity contribution in [1.82, 2.24) is 0 Å². The number of ether oxygens (including phenoxy) is 2. The molecule has 0 fully saturated rings. The van der Waals surface area contributed by atoms with Crippen molar-refractivity contribution in [3.63, 3.8) is 0 Å². The fourth-order valence-electron chi connectivity index (χ4n) is 2.01. The summed E-state index contributed by atoms with van der Waals surface area (Å²) in [6.07, 6.45) is 1.31. The molecule has 1 aromatic rings. The maximum atomic E-state index is 12.9. The second kappa shape index (κ2) is 7.88. The Morgan fingerprint density at radius 3 is 1.95 bits per heavy atom. The standard InChI is InChI=1S/C15H25FO3Si/c1-11(2)17-15(19-20,18-12(3)4)10-9-13-5-7-14(16)8-6-13/h5-8,11-12H,9-10H2,1-4,20H3. The van der Waals surface area contributed by atoms with Crippen LogP contribution in [0, 0.1) is 5.82 Å². The van der Waals surface area contributed by atoms with Gasteiger partial charge in [0.1, 0.15) is 5.82 Å². The van der Waals surface area contributed by atoms with Crippen LogP contribution in [-0.2, 0) is 20.3 Å². The molecule has 20 heavy (non-hydrogen) atoms. The summed E-state index contributed by atoms with van der Waals surface area (Å²) in [5, 5.41) is 0. The van der Waals surface area contributed by atoms with E-state index in [2.05, 4.69) is 0 Å². The van der Waals surface area contributed by atoms with Gasteiger partial charge in [0.15, 0.2) is 10.5 Å². The normalized spacial score (nSPS) is 12.6. The number of rotatable bonds is 8. The van der Waals surface area contributed by atoms with Crippen molar-refractivity contribution in [3.05, 3.63) is 35.6 Å². The van der Waals surface area contributed by atoms with E-state index in [1.807, 2.05) is 27.7 Å². The van der Waals surface area contributed by atoms with Gasteiger partial charge in [-0.2, -0.15) is 0 Å². The highest BCUT2D eigenvalue weighted by Crippen LogP contribution is 2.25. The summed E-state index contributed by atoms with van der Waals surface area (Å²) >= 11 is 0. The van der Waals surface area contributed by atoms with Crippen molar-refractivity contribution in [1.29, 1.82) is 0 Å². The van der Waals surface area contributed by atoms with Gasteiger partial charge in [-0.25, -0.2) is 4.39 Å². The molecule has 0 aliphatic heterocycles. The molecule has 0 saturated carbocycles. The highest BCUT2D eigenvalue weighted by atomic mass is 28.2. The predicted octanol–water partition coefficient (Wildman–Crippen LogP) is 2.56. The Morgan fingerprint density at radius 2 is 1.55 bits per heavy atom. The van der Waals surface area contributed by atoms with Gasteiger partial charge in [-0.15, -0.1) is 0 Å². The van der Waals surface area contributed by atoms with Crippen molar-refractivity contribution in [2.24, 2.45) is 0 Å². The lowest BCUT2D eigenvalue weighted by Crippen LogP contribution is -2.43. The van der Waals surface area contributed by atoms with E-state index in [9.17, 15) is 4.39 Å². The van der Waals surface area contributed by atoms with Gasteiger partial charge >= 0.3 is 0 Å². The van der Waals surface area contributed by atoms with E-state index in [4.69, 9.17) is 13.9 Å². The molecule has 0 saturated heterocycles. The van der Waals surface area contributed by atoms with Crippen LogP contribution in [-0.4, -0.2) is 28.7 Å². The van der Waals surface area contributed by atoms with Crippen molar-refractivity contribution < 1.29 is 18.3 Å². The molecule has 1 rings (SSSR count). The highest BCUT2D eigenvalue weighted by Gasteiger charge is 2.33. The molecule has 0 unspecified atom stereocenters. The van der Waals surface area contributed by atoms with Crippen LogP contribution in [0.15, 0.2) is 24.3 Å². The van der Waals surface area contributed by atoms with Gasteiger partial charge in [0.25, 0.3) is 5.97 Å². The van der Waals surface area contributed by atoms with Crippen LogP contribution in [0.5, 0.6) is 0 Å². The van der Waals surface area contributed by atoms with Crippen molar-refractivity contribution in [2.75, 3.05) is 0 Å². The Balaban J connectivity index is 2.74. The van der Waals surface area contributed by atoms with Crippen LogP contribution in [0.25, 0.3) is 0 Å². The lowest BCUT2D eigenvalue weighted by Gasteiger charge is -2.36. The first-order chi connectivity index (χ1) is 9.37. The van der Waals surface area contributed by atoms with Crippen molar-refractivity contribution in [3.8, 4) is 0 Å². The Labute approximate surface area is 124 Å². The molecule has 0 N–H and O–H groups in total. The molecule has 0 amide bonds. The highest BCUT2D eigenvalue weighted by molar-refractivity contribution is 5.98. The molecule has 0 aromatic heterocycles. The number of halogens is 1. The topological polar surface area (TPSA) is 27.7 Å². The summed E-state index contributed by atoms with van der Waals surface area (Å²) < 4.78 is 30.2. The van der Waals surface area contributed by atoms with Gasteiger partial charge in [0, 0.05) is 6.42 Å². The SMILES string of the molecule is CC(C)OC(CCc1ccc(F)cc1)(O[SiH3])OC(C)C. The van der Waals surface area contributed by atoms with Gasteiger partial charge in [0.2, 0.25) is 0 Å². The number of hydrogen-bond acceptors (Lipinski definition) is 3. The molecule has 0 aliphatic carbocycles. The van der Waals surface area contributed by atoms with Crippen LogP contribution in [0.1, 0.15) is 39.7 Å². The van der Waals surface area contributed by atoms with Crippen LogP contribution in [0.3, 0.4) is 0 Å². The summed E-state index contributed by atoms with van der Waals surface area (Å²) in [6.45, 7) is 7.82. The van der Waals surface area contributed by atoms with E-state index in [-0.39, 0.29) is 18.0 Å². The smallest absolute Gasteiger partial charge is 0.273 e. The molecule has 1 aromatic carbocycles. The first kappa shape index (κ1) is 17.3.